The normalized spacial score (nSPS) is 19.8. The van der Waals surface area contributed by atoms with Crippen LogP contribution in [-0.4, -0.2) is 84.9 Å². The molecule has 7 heteroatoms. The summed E-state index contributed by atoms with van der Waals surface area (Å²) in [5, 5.41) is 0.699. The summed E-state index contributed by atoms with van der Waals surface area (Å²) >= 11 is 0. The van der Waals surface area contributed by atoms with Gasteiger partial charge < -0.3 is 9.64 Å². The van der Waals surface area contributed by atoms with Gasteiger partial charge in [0, 0.05) is 70.7 Å². The molecule has 0 amide bonds. The lowest BCUT2D eigenvalue weighted by atomic mass is 10.2. The Morgan fingerprint density at radius 1 is 1.00 bits per heavy atom. The van der Waals surface area contributed by atoms with Crippen molar-refractivity contribution in [1.29, 1.82) is 0 Å². The zero-order chi connectivity index (χ0) is 20.2. The highest BCUT2D eigenvalue weighted by molar-refractivity contribution is 5.81. The van der Waals surface area contributed by atoms with Gasteiger partial charge in [0.2, 0.25) is 0 Å². The van der Waals surface area contributed by atoms with E-state index in [1.54, 1.807) is 10.9 Å². The van der Waals surface area contributed by atoms with E-state index >= 15 is 0 Å². The second-order valence-electron chi connectivity index (χ2n) is 8.39. The molecule has 29 heavy (non-hydrogen) atoms. The highest BCUT2D eigenvalue weighted by Crippen LogP contribution is 2.21. The number of hydrogen-bond donors (Lipinski definition) is 0. The smallest absolute Gasteiger partial charge is 0.261 e. The molecule has 7 nitrogen and oxygen atoms in total. The third-order valence-corrected chi connectivity index (χ3v) is 6.11. The molecule has 0 atom stereocenters. The van der Waals surface area contributed by atoms with E-state index in [0.29, 0.717) is 5.39 Å². The Bertz CT molecular complexity index is 865. The van der Waals surface area contributed by atoms with Crippen molar-refractivity contribution >= 4 is 16.6 Å². The first-order valence-corrected chi connectivity index (χ1v) is 10.9. The fourth-order valence-electron chi connectivity index (χ4n) is 4.22. The number of hydrogen-bond acceptors (Lipinski definition) is 6. The number of rotatable bonds is 5. The Kier molecular flexibility index (Phi) is 6.47. The van der Waals surface area contributed by atoms with Crippen molar-refractivity contribution in [2.45, 2.75) is 26.3 Å². The van der Waals surface area contributed by atoms with Gasteiger partial charge in [-0.25, -0.2) is 4.98 Å². The Morgan fingerprint density at radius 2 is 1.76 bits per heavy atom. The lowest BCUT2D eigenvalue weighted by Gasteiger charge is -2.37. The van der Waals surface area contributed by atoms with Crippen LogP contribution in [0.1, 0.15) is 26.3 Å². The fourth-order valence-corrected chi connectivity index (χ4v) is 4.22. The maximum absolute atomic E-state index is 12.6. The van der Waals surface area contributed by atoms with Gasteiger partial charge in [0.05, 0.1) is 23.8 Å². The van der Waals surface area contributed by atoms with Crippen molar-refractivity contribution < 1.29 is 4.74 Å². The fraction of sp³-hybridized carbons (Fsp3) is 0.636. The molecule has 0 aliphatic carbocycles. The van der Waals surface area contributed by atoms with E-state index in [-0.39, 0.29) is 11.6 Å². The number of benzene rings is 1. The molecule has 2 aromatic rings. The van der Waals surface area contributed by atoms with Crippen molar-refractivity contribution in [2.24, 2.45) is 0 Å². The Hall–Kier alpha value is -1.96. The van der Waals surface area contributed by atoms with E-state index in [0.717, 1.165) is 83.2 Å². The Labute approximate surface area is 172 Å². The molecular weight excluding hydrogens is 366 g/mol. The summed E-state index contributed by atoms with van der Waals surface area (Å²) in [4.78, 5) is 24.6. The van der Waals surface area contributed by atoms with Gasteiger partial charge in [-0.3, -0.25) is 19.2 Å². The summed E-state index contributed by atoms with van der Waals surface area (Å²) in [6, 6.07) is 6.19. The van der Waals surface area contributed by atoms with Crippen LogP contribution in [0.5, 0.6) is 0 Å². The second-order valence-corrected chi connectivity index (χ2v) is 8.39. The number of ether oxygens (including phenoxy) is 1. The van der Waals surface area contributed by atoms with Crippen molar-refractivity contribution in [1.82, 2.24) is 19.4 Å². The van der Waals surface area contributed by atoms with Crippen LogP contribution in [0.3, 0.4) is 0 Å². The average Bonchev–Trinajstić information content (AvgIpc) is 3.01. The summed E-state index contributed by atoms with van der Waals surface area (Å²) < 4.78 is 7.24. The van der Waals surface area contributed by atoms with E-state index in [1.165, 1.54) is 0 Å². The molecule has 3 heterocycles. The number of anilines is 1. The minimum atomic E-state index is 0.0419. The van der Waals surface area contributed by atoms with Gasteiger partial charge in [0.25, 0.3) is 5.56 Å². The number of piperazine rings is 1. The van der Waals surface area contributed by atoms with Gasteiger partial charge in [0.1, 0.15) is 0 Å². The van der Waals surface area contributed by atoms with Crippen LogP contribution in [0.2, 0.25) is 0 Å². The summed E-state index contributed by atoms with van der Waals surface area (Å²) in [6.07, 6.45) is 2.82. The number of nitrogens with zero attached hydrogens (tertiary/aromatic N) is 5. The van der Waals surface area contributed by atoms with E-state index < -0.39 is 0 Å². The molecule has 0 bridgehead atoms. The van der Waals surface area contributed by atoms with Crippen LogP contribution in [0.15, 0.2) is 29.3 Å². The topological polar surface area (TPSA) is 53.8 Å². The quantitative estimate of drug-likeness (QED) is 0.765. The first kappa shape index (κ1) is 20.3. The molecule has 158 valence electrons. The van der Waals surface area contributed by atoms with Crippen LogP contribution in [0, 0.1) is 0 Å². The first-order chi connectivity index (χ1) is 14.1. The molecule has 2 fully saturated rings. The van der Waals surface area contributed by atoms with Crippen molar-refractivity contribution in [3.8, 4) is 0 Å². The van der Waals surface area contributed by atoms with E-state index in [2.05, 4.69) is 31.8 Å². The first-order valence-electron chi connectivity index (χ1n) is 10.9. The minimum absolute atomic E-state index is 0.0419. The summed E-state index contributed by atoms with van der Waals surface area (Å²) in [6.45, 7) is 14.4. The molecule has 2 aliphatic heterocycles. The van der Waals surface area contributed by atoms with Crippen LogP contribution < -0.4 is 10.5 Å². The molecule has 0 radical (unpaired) electrons. The summed E-state index contributed by atoms with van der Waals surface area (Å²) in [5.74, 6) is 0. The third-order valence-electron chi connectivity index (χ3n) is 6.11. The highest BCUT2D eigenvalue weighted by atomic mass is 16.5. The zero-order valence-electron chi connectivity index (χ0n) is 17.7. The maximum atomic E-state index is 12.6. The molecule has 1 aromatic carbocycles. The number of fused-ring (bicyclic) bond motifs is 1. The standard InChI is InChI=1S/C22H33N5O2/c1-18(2)27-17-23-21-16-19(4-5-20(21)22(27)28)26-11-9-25(10-12-26)8-7-24-6-3-14-29-15-13-24/h4-5,16-18H,3,6-15H2,1-2H3. The summed E-state index contributed by atoms with van der Waals surface area (Å²) in [5.41, 5.74) is 1.99. The summed E-state index contributed by atoms with van der Waals surface area (Å²) in [7, 11) is 0. The zero-order valence-corrected chi connectivity index (χ0v) is 17.7. The van der Waals surface area contributed by atoms with E-state index in [4.69, 9.17) is 4.74 Å². The van der Waals surface area contributed by atoms with Gasteiger partial charge in [-0.05, 0) is 38.5 Å². The van der Waals surface area contributed by atoms with Gasteiger partial charge in [-0.1, -0.05) is 0 Å². The molecule has 2 saturated heterocycles. The van der Waals surface area contributed by atoms with Crippen LogP contribution in [0.4, 0.5) is 5.69 Å². The Morgan fingerprint density at radius 3 is 2.52 bits per heavy atom. The molecule has 2 aliphatic rings. The number of aromatic nitrogens is 2. The van der Waals surface area contributed by atoms with E-state index in [9.17, 15) is 4.79 Å². The Balaban J connectivity index is 1.35. The lowest BCUT2D eigenvalue weighted by Crippen LogP contribution is -2.48. The minimum Gasteiger partial charge on any atom is -0.380 e. The molecule has 0 N–H and O–H groups in total. The largest absolute Gasteiger partial charge is 0.380 e. The molecule has 0 spiro atoms. The monoisotopic (exact) mass is 399 g/mol. The lowest BCUT2D eigenvalue weighted by molar-refractivity contribution is 0.137. The van der Waals surface area contributed by atoms with Gasteiger partial charge in [-0.15, -0.1) is 0 Å². The molecule has 0 unspecified atom stereocenters. The highest BCUT2D eigenvalue weighted by Gasteiger charge is 2.19. The maximum Gasteiger partial charge on any atom is 0.261 e. The molecule has 0 saturated carbocycles. The molecule has 1 aromatic heterocycles. The van der Waals surface area contributed by atoms with Crippen LogP contribution in [-0.2, 0) is 4.74 Å². The van der Waals surface area contributed by atoms with Crippen LogP contribution >= 0.6 is 0 Å². The molecular formula is C22H33N5O2. The predicted octanol–water partition coefficient (Wildman–Crippen LogP) is 1.82. The molecule has 4 rings (SSSR count). The van der Waals surface area contributed by atoms with Crippen molar-refractivity contribution in [2.75, 3.05) is 70.5 Å². The van der Waals surface area contributed by atoms with Gasteiger partial charge >= 0.3 is 0 Å². The predicted molar refractivity (Wildman–Crippen MR) is 117 cm³/mol. The average molecular weight is 400 g/mol. The third kappa shape index (κ3) is 4.79. The van der Waals surface area contributed by atoms with Gasteiger partial charge in [-0.2, -0.15) is 0 Å². The van der Waals surface area contributed by atoms with Gasteiger partial charge in [0.15, 0.2) is 0 Å². The van der Waals surface area contributed by atoms with E-state index in [1.807, 2.05) is 19.9 Å². The second kappa shape index (κ2) is 9.24. The van der Waals surface area contributed by atoms with Crippen LogP contribution in [0.25, 0.3) is 10.9 Å². The van der Waals surface area contributed by atoms with Crippen molar-refractivity contribution in [3.63, 3.8) is 0 Å². The van der Waals surface area contributed by atoms with Crippen molar-refractivity contribution in [3.05, 3.63) is 34.9 Å². The SMILES string of the molecule is CC(C)n1cnc2cc(N3CCN(CCN4CCCOCC4)CC3)ccc2c1=O.